The Balaban J connectivity index is 1.63. The van der Waals surface area contributed by atoms with Gasteiger partial charge in [0.2, 0.25) is 0 Å². The largest absolute Gasteiger partial charge is 0.465 e. The fourth-order valence-electron chi connectivity index (χ4n) is 2.73. The minimum atomic E-state index is -0.397. The summed E-state index contributed by atoms with van der Waals surface area (Å²) < 4.78 is 10.0. The number of esters is 1. The van der Waals surface area contributed by atoms with E-state index in [1.807, 2.05) is 18.2 Å². The van der Waals surface area contributed by atoms with Crippen molar-refractivity contribution in [3.63, 3.8) is 0 Å². The molecule has 1 aromatic heterocycles. The zero-order chi connectivity index (χ0) is 19.1. The van der Waals surface area contributed by atoms with Crippen LogP contribution < -0.4 is 10.6 Å². The molecule has 8 nitrogen and oxygen atoms in total. The number of aromatic nitrogens is 1. The minimum Gasteiger partial charge on any atom is -0.465 e. The topological polar surface area (TPSA) is 92.8 Å². The third-order valence-corrected chi connectivity index (χ3v) is 4.17. The first-order valence-corrected chi connectivity index (χ1v) is 8.67. The third kappa shape index (κ3) is 4.95. The maximum atomic E-state index is 12.3. The van der Waals surface area contributed by atoms with Crippen LogP contribution in [0.3, 0.4) is 0 Å². The Kier molecular flexibility index (Phi) is 6.22. The first-order chi connectivity index (χ1) is 13.2. The quantitative estimate of drug-likeness (QED) is 0.785. The maximum absolute atomic E-state index is 12.3. The summed E-state index contributed by atoms with van der Waals surface area (Å²) >= 11 is 0. The zero-order valence-electron chi connectivity index (χ0n) is 15.1. The van der Waals surface area contributed by atoms with E-state index in [1.165, 1.54) is 7.11 Å². The Hall–Kier alpha value is -3.13. The van der Waals surface area contributed by atoms with E-state index < -0.39 is 5.97 Å². The summed E-state index contributed by atoms with van der Waals surface area (Å²) in [6.45, 7) is 2.69. The molecule has 1 aromatic carbocycles. The fraction of sp³-hybridized carbons (Fsp3) is 0.316. The highest BCUT2D eigenvalue weighted by atomic mass is 16.5. The van der Waals surface area contributed by atoms with Crippen LogP contribution in [0.5, 0.6) is 0 Å². The lowest BCUT2D eigenvalue weighted by atomic mass is 10.1. The summed E-state index contributed by atoms with van der Waals surface area (Å²) in [4.78, 5) is 30.0. The van der Waals surface area contributed by atoms with Gasteiger partial charge in [-0.2, -0.15) is 0 Å². The molecule has 1 saturated heterocycles. The molecule has 2 N–H and O–H groups in total. The molecular formula is C19H22N4O4. The van der Waals surface area contributed by atoms with Gasteiger partial charge in [-0.05, 0) is 29.8 Å². The SMILES string of the molecule is COC(=O)c1ccccc1NCc1ccnc(NC(=O)N2CCOCC2)c1. The second kappa shape index (κ2) is 9.00. The molecule has 0 spiro atoms. The lowest BCUT2D eigenvalue weighted by Gasteiger charge is -2.26. The molecule has 0 unspecified atom stereocenters. The second-order valence-electron chi connectivity index (χ2n) is 5.97. The molecule has 27 heavy (non-hydrogen) atoms. The van der Waals surface area contributed by atoms with Crippen LogP contribution in [0.4, 0.5) is 16.3 Å². The van der Waals surface area contributed by atoms with Crippen molar-refractivity contribution < 1.29 is 19.1 Å². The Morgan fingerprint density at radius 1 is 1.22 bits per heavy atom. The number of anilines is 2. The molecule has 0 bridgehead atoms. The van der Waals surface area contributed by atoms with Gasteiger partial charge in [-0.15, -0.1) is 0 Å². The van der Waals surface area contributed by atoms with Crippen LogP contribution in [-0.2, 0) is 16.0 Å². The van der Waals surface area contributed by atoms with Gasteiger partial charge < -0.3 is 19.7 Å². The molecule has 2 aromatic rings. The van der Waals surface area contributed by atoms with Gasteiger partial charge in [-0.3, -0.25) is 5.32 Å². The predicted molar refractivity (Wildman–Crippen MR) is 101 cm³/mol. The van der Waals surface area contributed by atoms with Crippen LogP contribution in [0.15, 0.2) is 42.6 Å². The first-order valence-electron chi connectivity index (χ1n) is 8.67. The van der Waals surface area contributed by atoms with Crippen molar-refractivity contribution in [2.75, 3.05) is 44.0 Å². The number of amides is 2. The molecule has 0 saturated carbocycles. The molecule has 0 atom stereocenters. The summed E-state index contributed by atoms with van der Waals surface area (Å²) in [6.07, 6.45) is 1.64. The number of urea groups is 1. The number of pyridine rings is 1. The molecule has 8 heteroatoms. The van der Waals surface area contributed by atoms with Gasteiger partial charge in [-0.1, -0.05) is 12.1 Å². The Labute approximate surface area is 157 Å². The number of methoxy groups -OCH3 is 1. The monoisotopic (exact) mass is 370 g/mol. The van der Waals surface area contributed by atoms with Crippen molar-refractivity contribution in [2.24, 2.45) is 0 Å². The summed E-state index contributed by atoms with van der Waals surface area (Å²) in [5.74, 6) is 0.0818. The second-order valence-corrected chi connectivity index (χ2v) is 5.97. The summed E-state index contributed by atoms with van der Waals surface area (Å²) in [5.41, 5.74) is 2.07. The average Bonchev–Trinajstić information content (AvgIpc) is 2.73. The standard InChI is InChI=1S/C19H22N4O4/c1-26-18(24)15-4-2-3-5-16(15)21-13-14-6-7-20-17(12-14)22-19(25)23-8-10-27-11-9-23/h2-7,12,21H,8-11,13H2,1H3,(H,20,22,25). The highest BCUT2D eigenvalue weighted by Crippen LogP contribution is 2.18. The van der Waals surface area contributed by atoms with E-state index in [2.05, 4.69) is 15.6 Å². The number of hydrogen-bond acceptors (Lipinski definition) is 6. The van der Waals surface area contributed by atoms with Gasteiger partial charge in [0, 0.05) is 31.5 Å². The number of para-hydroxylation sites is 1. The summed E-state index contributed by atoms with van der Waals surface area (Å²) in [5, 5.41) is 6.03. The molecular weight excluding hydrogens is 348 g/mol. The number of hydrogen-bond donors (Lipinski definition) is 2. The van der Waals surface area contributed by atoms with Gasteiger partial charge in [-0.25, -0.2) is 14.6 Å². The van der Waals surface area contributed by atoms with Crippen LogP contribution in [0.1, 0.15) is 15.9 Å². The molecule has 0 aliphatic carbocycles. The number of nitrogens with one attached hydrogen (secondary N) is 2. The van der Waals surface area contributed by atoms with Crippen molar-refractivity contribution in [1.29, 1.82) is 0 Å². The van der Waals surface area contributed by atoms with Crippen LogP contribution in [0.25, 0.3) is 0 Å². The van der Waals surface area contributed by atoms with E-state index in [9.17, 15) is 9.59 Å². The smallest absolute Gasteiger partial charge is 0.339 e. The summed E-state index contributed by atoms with van der Waals surface area (Å²) in [7, 11) is 1.35. The number of ether oxygens (including phenoxy) is 2. The minimum absolute atomic E-state index is 0.188. The number of morpholine rings is 1. The van der Waals surface area contributed by atoms with Crippen molar-refractivity contribution in [3.05, 3.63) is 53.7 Å². The molecule has 1 fully saturated rings. The van der Waals surface area contributed by atoms with Crippen molar-refractivity contribution in [2.45, 2.75) is 6.54 Å². The van der Waals surface area contributed by atoms with Crippen molar-refractivity contribution >= 4 is 23.5 Å². The van der Waals surface area contributed by atoms with Gasteiger partial charge in [0.15, 0.2) is 0 Å². The van der Waals surface area contributed by atoms with Gasteiger partial charge in [0.25, 0.3) is 0 Å². The van der Waals surface area contributed by atoms with Crippen LogP contribution >= 0.6 is 0 Å². The van der Waals surface area contributed by atoms with Gasteiger partial charge in [0.1, 0.15) is 5.82 Å². The maximum Gasteiger partial charge on any atom is 0.339 e. The number of carbonyl (C=O) groups excluding carboxylic acids is 2. The van der Waals surface area contributed by atoms with Crippen LogP contribution in [0.2, 0.25) is 0 Å². The predicted octanol–water partition coefficient (Wildman–Crippen LogP) is 2.34. The fourth-order valence-corrected chi connectivity index (χ4v) is 2.73. The molecule has 1 aliphatic heterocycles. The van der Waals surface area contributed by atoms with E-state index >= 15 is 0 Å². The average molecular weight is 370 g/mol. The van der Waals surface area contributed by atoms with E-state index in [1.54, 1.807) is 29.3 Å². The molecule has 3 rings (SSSR count). The zero-order valence-corrected chi connectivity index (χ0v) is 15.1. The Morgan fingerprint density at radius 2 is 2.00 bits per heavy atom. The number of rotatable bonds is 5. The van der Waals surface area contributed by atoms with E-state index in [0.717, 1.165) is 5.56 Å². The first kappa shape index (κ1) is 18.7. The Bertz CT molecular complexity index is 806. The Morgan fingerprint density at radius 3 is 2.78 bits per heavy atom. The molecule has 1 aliphatic rings. The molecule has 2 amide bonds. The van der Waals surface area contributed by atoms with Crippen molar-refractivity contribution in [3.8, 4) is 0 Å². The highest BCUT2D eigenvalue weighted by molar-refractivity contribution is 5.95. The lowest BCUT2D eigenvalue weighted by Crippen LogP contribution is -2.43. The van der Waals surface area contributed by atoms with E-state index in [-0.39, 0.29) is 6.03 Å². The number of carbonyl (C=O) groups is 2. The molecule has 2 heterocycles. The highest BCUT2D eigenvalue weighted by Gasteiger charge is 2.17. The van der Waals surface area contributed by atoms with Gasteiger partial charge in [0.05, 0.1) is 25.9 Å². The van der Waals surface area contributed by atoms with E-state index in [0.29, 0.717) is 49.9 Å². The lowest BCUT2D eigenvalue weighted by molar-refractivity contribution is 0.0564. The number of nitrogens with zero attached hydrogens (tertiary/aromatic N) is 2. The van der Waals surface area contributed by atoms with Crippen LogP contribution in [0, 0.1) is 0 Å². The molecule has 142 valence electrons. The van der Waals surface area contributed by atoms with Crippen LogP contribution in [-0.4, -0.2) is 55.3 Å². The van der Waals surface area contributed by atoms with Crippen molar-refractivity contribution in [1.82, 2.24) is 9.88 Å². The molecule has 0 radical (unpaired) electrons. The number of benzene rings is 1. The van der Waals surface area contributed by atoms with E-state index in [4.69, 9.17) is 9.47 Å². The third-order valence-electron chi connectivity index (χ3n) is 4.17. The van der Waals surface area contributed by atoms with Gasteiger partial charge >= 0.3 is 12.0 Å². The summed E-state index contributed by atoms with van der Waals surface area (Å²) in [6, 6.07) is 10.6. The normalized spacial score (nSPS) is 13.7.